The van der Waals surface area contributed by atoms with Crippen LogP contribution in [0.2, 0.25) is 0 Å². The number of hydrogen-bond acceptors (Lipinski definition) is 9. The van der Waals surface area contributed by atoms with E-state index in [2.05, 4.69) is 10.3 Å². The average Bonchev–Trinajstić information content (AvgIpc) is 3.17. The number of rotatable bonds is 7. The van der Waals surface area contributed by atoms with Crippen LogP contribution < -0.4 is 15.6 Å². The van der Waals surface area contributed by atoms with Gasteiger partial charge in [-0.25, -0.2) is 13.4 Å². The average molecular weight is 550 g/mol. The minimum absolute atomic E-state index is 0.0448. The molecule has 1 saturated heterocycles. The molecule has 3 aromatic rings. The van der Waals surface area contributed by atoms with Crippen LogP contribution >= 0.6 is 11.3 Å². The van der Waals surface area contributed by atoms with Gasteiger partial charge in [0.25, 0.3) is 11.2 Å². The largest absolute Gasteiger partial charge is 0.495 e. The molecular weight excluding hydrogens is 522 g/mol. The molecule has 37 heavy (non-hydrogen) atoms. The number of amides is 1. The van der Waals surface area contributed by atoms with Crippen LogP contribution in [0, 0.1) is 28.9 Å². The number of sulfonamides is 1. The first-order chi connectivity index (χ1) is 17.4. The van der Waals surface area contributed by atoms with E-state index in [0.717, 1.165) is 28.4 Å². The van der Waals surface area contributed by atoms with Gasteiger partial charge in [-0.1, -0.05) is 13.8 Å². The van der Waals surface area contributed by atoms with Crippen LogP contribution in [0.5, 0.6) is 5.75 Å². The summed E-state index contributed by atoms with van der Waals surface area (Å²) in [5.74, 6) is -0.0928. The number of carbonyl (C=O) groups excluding carboxylic acids is 1. The molecular formula is C23H27N5O7S2. The molecule has 0 bridgehead atoms. The number of non-ortho nitro benzene ring substituents is 1. The summed E-state index contributed by atoms with van der Waals surface area (Å²) >= 11 is 1.11. The number of hydrogen-bond donors (Lipinski definition) is 1. The first-order valence-electron chi connectivity index (χ1n) is 11.5. The lowest BCUT2D eigenvalue weighted by Crippen LogP contribution is -2.42. The molecule has 2 aromatic heterocycles. The SMILES string of the molecule is COc1ccc([N+](=O)[O-])cc1NC(=O)Cn1cnc2sc(C)c(S(=O)(=O)N3C[C@@H](C)C[C@H](C)C3)c2c1=O. The molecule has 1 amide bonds. The third kappa shape index (κ3) is 5.22. The van der Waals surface area contributed by atoms with E-state index in [1.54, 1.807) is 6.92 Å². The second-order valence-corrected chi connectivity index (χ2v) is 12.4. The molecule has 12 nitrogen and oxygen atoms in total. The highest BCUT2D eigenvalue weighted by Crippen LogP contribution is 2.35. The van der Waals surface area contributed by atoms with E-state index in [1.807, 2.05) is 13.8 Å². The zero-order chi connectivity index (χ0) is 27.1. The number of nitro benzene ring substituents is 1. The van der Waals surface area contributed by atoms with Crippen LogP contribution in [0.25, 0.3) is 10.2 Å². The summed E-state index contributed by atoms with van der Waals surface area (Å²) in [6.45, 7) is 5.89. The van der Waals surface area contributed by atoms with Crippen molar-refractivity contribution in [1.29, 1.82) is 0 Å². The predicted molar refractivity (Wildman–Crippen MR) is 139 cm³/mol. The Labute approximate surface area is 217 Å². The van der Waals surface area contributed by atoms with Crippen molar-refractivity contribution in [1.82, 2.24) is 13.9 Å². The maximum Gasteiger partial charge on any atom is 0.271 e. The van der Waals surface area contributed by atoms with Gasteiger partial charge in [0.2, 0.25) is 15.9 Å². The Morgan fingerprint density at radius 2 is 1.97 bits per heavy atom. The van der Waals surface area contributed by atoms with E-state index in [1.165, 1.54) is 29.9 Å². The third-order valence-corrected chi connectivity index (χ3v) is 9.36. The van der Waals surface area contributed by atoms with Gasteiger partial charge < -0.3 is 10.1 Å². The zero-order valence-electron chi connectivity index (χ0n) is 20.8. The maximum atomic E-state index is 13.7. The number of ether oxygens (including phenoxy) is 1. The number of aryl methyl sites for hydroxylation is 1. The zero-order valence-corrected chi connectivity index (χ0v) is 22.4. The van der Waals surface area contributed by atoms with E-state index in [-0.39, 0.29) is 44.1 Å². The molecule has 0 spiro atoms. The van der Waals surface area contributed by atoms with Crippen LogP contribution in [0.1, 0.15) is 25.1 Å². The summed E-state index contributed by atoms with van der Waals surface area (Å²) in [6.07, 6.45) is 2.11. The smallest absolute Gasteiger partial charge is 0.271 e. The van der Waals surface area contributed by atoms with Gasteiger partial charge in [0.1, 0.15) is 22.0 Å². The Kier molecular flexibility index (Phi) is 7.35. The number of aromatic nitrogens is 2. The number of benzene rings is 1. The van der Waals surface area contributed by atoms with Crippen LogP contribution in [-0.4, -0.2) is 53.3 Å². The van der Waals surface area contributed by atoms with Crippen molar-refractivity contribution in [3.8, 4) is 5.75 Å². The van der Waals surface area contributed by atoms with Gasteiger partial charge in [0.05, 0.1) is 29.4 Å². The lowest BCUT2D eigenvalue weighted by atomic mass is 9.94. The molecule has 1 aliphatic heterocycles. The van der Waals surface area contributed by atoms with Gasteiger partial charge in [-0.3, -0.25) is 24.3 Å². The molecule has 0 radical (unpaired) electrons. The van der Waals surface area contributed by atoms with Crippen molar-refractivity contribution < 1.29 is 22.9 Å². The molecule has 4 rings (SSSR count). The number of thiophene rings is 1. The quantitative estimate of drug-likeness (QED) is 0.349. The highest BCUT2D eigenvalue weighted by molar-refractivity contribution is 7.89. The van der Waals surface area contributed by atoms with Gasteiger partial charge in [-0.05, 0) is 31.2 Å². The standard InChI is InChI=1S/C23H27N5O7S2/c1-13-7-14(2)10-27(9-13)37(33,34)21-15(3)36-22-20(21)23(30)26(12-24-22)11-19(29)25-17-8-16(28(31)32)5-6-18(17)35-4/h5-6,8,12-14H,7,9-11H2,1-4H3,(H,25,29)/t13-,14-/m0/s1. The number of nitrogens with zero attached hydrogens (tertiary/aromatic N) is 4. The summed E-state index contributed by atoms with van der Waals surface area (Å²) in [7, 11) is -2.62. The van der Waals surface area contributed by atoms with Crippen LogP contribution in [0.4, 0.5) is 11.4 Å². The number of methoxy groups -OCH3 is 1. The summed E-state index contributed by atoms with van der Waals surface area (Å²) in [4.78, 5) is 41.6. The predicted octanol–water partition coefficient (Wildman–Crippen LogP) is 2.99. The maximum absolute atomic E-state index is 13.7. The van der Waals surface area contributed by atoms with Crippen LogP contribution in [-0.2, 0) is 21.4 Å². The second-order valence-electron chi connectivity index (χ2n) is 9.30. The monoisotopic (exact) mass is 549 g/mol. The molecule has 198 valence electrons. The van der Waals surface area contributed by atoms with Crippen molar-refractivity contribution in [2.45, 2.75) is 38.6 Å². The number of carbonyl (C=O) groups is 1. The summed E-state index contributed by atoms with van der Waals surface area (Å²) in [6, 6.07) is 3.73. The third-order valence-electron chi connectivity index (χ3n) is 6.21. The fourth-order valence-corrected chi connectivity index (χ4v) is 8.07. The first kappa shape index (κ1) is 26.7. The summed E-state index contributed by atoms with van der Waals surface area (Å²) in [5, 5.41) is 13.6. The highest BCUT2D eigenvalue weighted by atomic mass is 32.2. The van der Waals surface area contributed by atoms with E-state index in [4.69, 9.17) is 4.74 Å². The van der Waals surface area contributed by atoms with Gasteiger partial charge in [-0.2, -0.15) is 4.31 Å². The number of anilines is 1. The van der Waals surface area contributed by atoms with E-state index in [0.29, 0.717) is 18.0 Å². The molecule has 1 N–H and O–H groups in total. The molecule has 1 fully saturated rings. The van der Waals surface area contributed by atoms with Gasteiger partial charge >= 0.3 is 0 Å². The molecule has 14 heteroatoms. The first-order valence-corrected chi connectivity index (χ1v) is 13.8. The molecule has 1 aliphatic rings. The van der Waals surface area contributed by atoms with Gasteiger partial charge in [-0.15, -0.1) is 11.3 Å². The summed E-state index contributed by atoms with van der Waals surface area (Å²) < 4.78 is 34.9. The number of fused-ring (bicyclic) bond motifs is 1. The topological polar surface area (TPSA) is 154 Å². The lowest BCUT2D eigenvalue weighted by molar-refractivity contribution is -0.384. The number of nitro groups is 1. The molecule has 3 heterocycles. The minimum atomic E-state index is -3.97. The second kappa shape index (κ2) is 10.2. The Hall–Kier alpha value is -3.36. The van der Waals surface area contributed by atoms with Gasteiger partial charge in [0.15, 0.2) is 0 Å². The Balaban J connectivity index is 1.68. The minimum Gasteiger partial charge on any atom is -0.495 e. The van der Waals surface area contributed by atoms with E-state index in [9.17, 15) is 28.1 Å². The normalized spacial score (nSPS) is 18.6. The molecule has 0 saturated carbocycles. The summed E-state index contributed by atoms with van der Waals surface area (Å²) in [5.41, 5.74) is -0.847. The van der Waals surface area contributed by atoms with Crippen LogP contribution in [0.15, 0.2) is 34.2 Å². The molecule has 0 aliphatic carbocycles. The lowest BCUT2D eigenvalue weighted by Gasteiger charge is -2.34. The van der Waals surface area contributed by atoms with Crippen molar-refractivity contribution in [2.24, 2.45) is 11.8 Å². The Morgan fingerprint density at radius 3 is 2.59 bits per heavy atom. The Morgan fingerprint density at radius 1 is 1.30 bits per heavy atom. The highest BCUT2D eigenvalue weighted by Gasteiger charge is 2.36. The molecule has 0 unspecified atom stereocenters. The number of nitrogens with one attached hydrogen (secondary N) is 1. The van der Waals surface area contributed by atoms with E-state index < -0.39 is 33.0 Å². The number of piperidine rings is 1. The van der Waals surface area contributed by atoms with E-state index >= 15 is 0 Å². The molecule has 2 atom stereocenters. The van der Waals surface area contributed by atoms with Crippen LogP contribution in [0.3, 0.4) is 0 Å². The van der Waals surface area contributed by atoms with Crippen molar-refractivity contribution in [2.75, 3.05) is 25.5 Å². The molecule has 1 aromatic carbocycles. The Bertz CT molecular complexity index is 1540. The fourth-order valence-electron chi connectivity index (χ4n) is 4.72. The van der Waals surface area contributed by atoms with Gasteiger partial charge in [0, 0.05) is 30.1 Å². The van der Waals surface area contributed by atoms with Crippen molar-refractivity contribution in [3.05, 3.63) is 49.9 Å². The van der Waals surface area contributed by atoms with Crippen molar-refractivity contribution >= 4 is 48.9 Å². The van der Waals surface area contributed by atoms with Crippen molar-refractivity contribution in [3.63, 3.8) is 0 Å². The fraction of sp³-hybridized carbons (Fsp3) is 0.435.